The van der Waals surface area contributed by atoms with Crippen LogP contribution >= 0.6 is 27.7 Å². The number of thioether (sulfide) groups is 1. The first-order chi connectivity index (χ1) is 22.1. The van der Waals surface area contributed by atoms with Crippen molar-refractivity contribution in [2.75, 3.05) is 22.7 Å². The van der Waals surface area contributed by atoms with E-state index in [0.717, 1.165) is 15.4 Å². The van der Waals surface area contributed by atoms with Crippen LogP contribution in [0, 0.1) is 0 Å². The fourth-order valence-electron chi connectivity index (χ4n) is 4.73. The van der Waals surface area contributed by atoms with Gasteiger partial charge in [-0.25, -0.2) is 9.59 Å². The first-order valence-corrected chi connectivity index (χ1v) is 15.7. The summed E-state index contributed by atoms with van der Waals surface area (Å²) in [4.78, 5) is 64.6. The van der Waals surface area contributed by atoms with E-state index in [4.69, 9.17) is 14.2 Å². The smallest absolute Gasteiger partial charge is 0.411 e. The van der Waals surface area contributed by atoms with E-state index in [2.05, 4.69) is 21.2 Å². The molecule has 0 aromatic heterocycles. The Morgan fingerprint density at radius 3 is 2.30 bits per heavy atom. The quantitative estimate of drug-likeness (QED) is 0.0441. The van der Waals surface area contributed by atoms with Gasteiger partial charge in [-0.2, -0.15) is 0 Å². The Kier molecular flexibility index (Phi) is 11.4. The summed E-state index contributed by atoms with van der Waals surface area (Å²) < 4.78 is 15.9. The van der Waals surface area contributed by atoms with Crippen LogP contribution in [0.25, 0.3) is 0 Å². The Labute approximate surface area is 277 Å². The fourth-order valence-corrected chi connectivity index (χ4v) is 6.00. The van der Waals surface area contributed by atoms with E-state index < -0.39 is 40.3 Å². The van der Waals surface area contributed by atoms with Crippen LogP contribution in [-0.2, 0) is 41.9 Å². The zero-order valence-electron chi connectivity index (χ0n) is 24.8. The van der Waals surface area contributed by atoms with Crippen molar-refractivity contribution in [1.82, 2.24) is 4.90 Å². The summed E-state index contributed by atoms with van der Waals surface area (Å²) in [6.45, 7) is 1.04. The lowest BCUT2D eigenvalue weighted by Crippen LogP contribution is -2.71. The van der Waals surface area contributed by atoms with Gasteiger partial charge in [-0.15, -0.1) is 0 Å². The Morgan fingerprint density at radius 1 is 1.02 bits per heavy atom. The molecule has 0 radical (unpaired) electrons. The zero-order chi connectivity index (χ0) is 33.3. The SMILES string of the molecule is COc1ccc(COC(=O)C(=C(O)CBr)N2C(=O)CC2(SC=O)N(C(C)=O)c2cccc(NC(=O)OCc3ccccc3)c2)cc1. The maximum atomic E-state index is 13.4. The number of hydrogen-bond acceptors (Lipinski definition) is 10. The minimum Gasteiger partial charge on any atom is -0.509 e. The Bertz CT molecular complexity index is 1630. The van der Waals surface area contributed by atoms with Crippen molar-refractivity contribution in [3.8, 4) is 5.75 Å². The summed E-state index contributed by atoms with van der Waals surface area (Å²) in [5.74, 6) is -2.26. The highest BCUT2D eigenvalue weighted by atomic mass is 79.9. The number of hydrogen-bond donors (Lipinski definition) is 2. The molecule has 1 fully saturated rings. The van der Waals surface area contributed by atoms with Crippen molar-refractivity contribution in [2.45, 2.75) is 31.6 Å². The van der Waals surface area contributed by atoms with Crippen molar-refractivity contribution < 1.29 is 43.3 Å². The van der Waals surface area contributed by atoms with Gasteiger partial charge in [0.25, 0.3) is 0 Å². The van der Waals surface area contributed by atoms with Gasteiger partial charge in [-0.1, -0.05) is 64.5 Å². The largest absolute Gasteiger partial charge is 0.509 e. The number of esters is 1. The molecule has 1 aliphatic heterocycles. The molecular formula is C32H30BrN3O9S. The van der Waals surface area contributed by atoms with Gasteiger partial charge < -0.3 is 19.3 Å². The summed E-state index contributed by atoms with van der Waals surface area (Å²) in [5, 5.41) is 13.2. The third-order valence-corrected chi connectivity index (χ3v) is 8.31. The molecule has 46 heavy (non-hydrogen) atoms. The van der Waals surface area contributed by atoms with E-state index in [1.54, 1.807) is 48.5 Å². The molecule has 1 aliphatic rings. The lowest BCUT2D eigenvalue weighted by atomic mass is 10.0. The van der Waals surface area contributed by atoms with E-state index in [0.29, 0.717) is 28.7 Å². The number of halogens is 1. The molecule has 12 nitrogen and oxygen atoms in total. The Balaban J connectivity index is 1.62. The van der Waals surface area contributed by atoms with Gasteiger partial charge in [0.2, 0.25) is 11.8 Å². The number of likely N-dealkylation sites (tertiary alicyclic amines) is 1. The standard InChI is InChI=1S/C32H30BrN3O9S/c1-21(38)35(25-10-6-9-24(15-25)34-31(42)45-19-22-7-4-3-5-8-22)32(46-20-37)16-28(40)36(32)29(27(39)17-33)30(41)44-18-23-11-13-26(43-2)14-12-23/h3-15,20,39H,16-19H2,1-2H3,(H,34,42). The average Bonchev–Trinajstić information content (AvgIpc) is 3.05. The molecule has 3 aromatic carbocycles. The molecule has 4 rings (SSSR count). The van der Waals surface area contributed by atoms with Gasteiger partial charge in [0.1, 0.15) is 24.7 Å². The van der Waals surface area contributed by atoms with Gasteiger partial charge in [0.05, 0.1) is 18.9 Å². The van der Waals surface area contributed by atoms with Crippen LogP contribution in [0.2, 0.25) is 0 Å². The minimum atomic E-state index is -1.79. The highest BCUT2D eigenvalue weighted by Gasteiger charge is 2.61. The number of aliphatic hydroxyl groups is 1. The monoisotopic (exact) mass is 711 g/mol. The average molecular weight is 713 g/mol. The Morgan fingerprint density at radius 2 is 1.70 bits per heavy atom. The number of ether oxygens (including phenoxy) is 3. The van der Waals surface area contributed by atoms with E-state index >= 15 is 0 Å². The molecule has 1 saturated heterocycles. The summed E-state index contributed by atoms with van der Waals surface area (Å²) in [6, 6.07) is 21.9. The molecule has 1 heterocycles. The number of nitrogens with one attached hydrogen (secondary N) is 1. The molecule has 3 amide bonds. The van der Waals surface area contributed by atoms with Crippen LogP contribution in [0.3, 0.4) is 0 Å². The second-order valence-corrected chi connectivity index (χ2v) is 11.5. The normalized spacial score (nSPS) is 16.0. The minimum absolute atomic E-state index is 0.0306. The molecule has 2 N–H and O–H groups in total. The van der Waals surface area contributed by atoms with Gasteiger partial charge in [0, 0.05) is 18.3 Å². The van der Waals surface area contributed by atoms with Crippen LogP contribution in [0.5, 0.6) is 5.75 Å². The van der Waals surface area contributed by atoms with Crippen LogP contribution in [0.4, 0.5) is 16.2 Å². The van der Waals surface area contributed by atoms with Crippen molar-refractivity contribution >= 4 is 68.6 Å². The van der Waals surface area contributed by atoms with Gasteiger partial charge >= 0.3 is 12.1 Å². The van der Waals surface area contributed by atoms with Gasteiger partial charge in [0.15, 0.2) is 16.3 Å². The predicted molar refractivity (Wildman–Crippen MR) is 175 cm³/mol. The second-order valence-electron chi connectivity index (χ2n) is 9.81. The van der Waals surface area contributed by atoms with Crippen LogP contribution in [-0.4, -0.2) is 56.9 Å². The number of methoxy groups -OCH3 is 1. The summed E-state index contributed by atoms with van der Waals surface area (Å²) >= 11 is 3.67. The molecule has 1 atom stereocenters. The summed E-state index contributed by atoms with van der Waals surface area (Å²) in [5.41, 5.74) is 1.72. The van der Waals surface area contributed by atoms with E-state index in [1.165, 1.54) is 26.2 Å². The van der Waals surface area contributed by atoms with E-state index in [9.17, 15) is 29.1 Å². The van der Waals surface area contributed by atoms with Gasteiger partial charge in [-0.3, -0.25) is 29.5 Å². The maximum Gasteiger partial charge on any atom is 0.411 e. The molecule has 1 unspecified atom stereocenters. The predicted octanol–water partition coefficient (Wildman–Crippen LogP) is 5.51. The van der Waals surface area contributed by atoms with Crippen LogP contribution in [0.1, 0.15) is 24.5 Å². The molecule has 14 heteroatoms. The van der Waals surface area contributed by atoms with Crippen molar-refractivity contribution in [3.05, 3.63) is 101 Å². The molecular weight excluding hydrogens is 682 g/mol. The number of carbonyl (C=O) groups excluding carboxylic acids is 5. The Hall–Kier alpha value is -4.82. The number of aliphatic hydroxyl groups excluding tert-OH is 1. The molecule has 0 bridgehead atoms. The number of amides is 3. The van der Waals surface area contributed by atoms with Crippen molar-refractivity contribution in [3.63, 3.8) is 0 Å². The van der Waals surface area contributed by atoms with Crippen LogP contribution in [0.15, 0.2) is 90.3 Å². The second kappa shape index (κ2) is 15.5. The lowest BCUT2D eigenvalue weighted by Gasteiger charge is -2.55. The number of rotatable bonds is 13. The maximum absolute atomic E-state index is 13.4. The topological polar surface area (TPSA) is 152 Å². The number of carbonyl (C=O) groups is 5. The van der Waals surface area contributed by atoms with E-state index in [-0.39, 0.29) is 36.3 Å². The number of β-lactam (4-membered cyclic amide) rings is 1. The fraction of sp³-hybridized carbons (Fsp3) is 0.219. The first-order valence-electron chi connectivity index (χ1n) is 13.7. The van der Waals surface area contributed by atoms with Crippen LogP contribution < -0.4 is 15.0 Å². The number of anilines is 2. The summed E-state index contributed by atoms with van der Waals surface area (Å²) in [6.07, 6.45) is -1.13. The molecule has 240 valence electrons. The first kappa shape index (κ1) is 34.1. The number of alkyl halides is 1. The molecule has 0 saturated carbocycles. The third-order valence-electron chi connectivity index (χ3n) is 6.79. The molecule has 3 aromatic rings. The number of benzene rings is 3. The van der Waals surface area contributed by atoms with Gasteiger partial charge in [-0.05, 0) is 53.2 Å². The highest BCUT2D eigenvalue weighted by molar-refractivity contribution is 9.09. The zero-order valence-corrected chi connectivity index (χ0v) is 27.2. The van der Waals surface area contributed by atoms with Crippen molar-refractivity contribution in [2.24, 2.45) is 0 Å². The summed E-state index contributed by atoms with van der Waals surface area (Å²) in [7, 11) is 1.51. The molecule has 0 spiro atoms. The third kappa shape index (κ3) is 7.69. The van der Waals surface area contributed by atoms with E-state index in [1.807, 2.05) is 18.2 Å². The highest BCUT2D eigenvalue weighted by Crippen LogP contribution is 2.49. The number of allylic oxidation sites excluding steroid dienone is 1. The number of nitrogens with zero attached hydrogens (tertiary/aromatic N) is 2. The lowest BCUT2D eigenvalue weighted by molar-refractivity contribution is -0.155. The molecule has 0 aliphatic carbocycles. The van der Waals surface area contributed by atoms with Crippen molar-refractivity contribution in [1.29, 1.82) is 0 Å².